The maximum absolute atomic E-state index is 13.6. The van der Waals surface area contributed by atoms with Crippen molar-refractivity contribution in [2.75, 3.05) is 25.8 Å². The number of amides is 2. The highest BCUT2D eigenvalue weighted by Gasteiger charge is 2.57. The van der Waals surface area contributed by atoms with Gasteiger partial charge in [-0.25, -0.2) is 8.78 Å². The molecule has 36 heavy (non-hydrogen) atoms. The van der Waals surface area contributed by atoms with E-state index in [1.807, 2.05) is 0 Å². The highest BCUT2D eigenvalue weighted by atomic mass is 19.1. The molecule has 1 saturated heterocycles. The molecule has 0 aliphatic carbocycles. The van der Waals surface area contributed by atoms with Crippen LogP contribution < -0.4 is 14.5 Å². The van der Waals surface area contributed by atoms with Crippen LogP contribution in [0.3, 0.4) is 0 Å². The third-order valence-electron chi connectivity index (χ3n) is 6.45. The van der Waals surface area contributed by atoms with Gasteiger partial charge in [0.05, 0.1) is 25.6 Å². The van der Waals surface area contributed by atoms with Gasteiger partial charge < -0.3 is 9.47 Å². The Labute approximate surface area is 206 Å². The Morgan fingerprint density at radius 3 is 2.17 bits per heavy atom. The fraction of sp³-hybridized carbons (Fsp3) is 0.222. The molecule has 2 atom stereocenters. The van der Waals surface area contributed by atoms with Crippen molar-refractivity contribution in [3.05, 3.63) is 89.5 Å². The van der Waals surface area contributed by atoms with Crippen molar-refractivity contribution in [2.24, 2.45) is 11.0 Å². The van der Waals surface area contributed by atoms with Crippen LogP contribution in [0.15, 0.2) is 71.8 Å². The SMILES string of the molecule is COc1cccc(C2=NN(c3ccc(F)cc3)C3C(=O)N(CCc4ccc(F)cc4)C(=O)C23)c1OC. The number of anilines is 1. The molecule has 7 nitrogen and oxygen atoms in total. The minimum atomic E-state index is -0.929. The van der Waals surface area contributed by atoms with Crippen molar-refractivity contribution in [3.8, 4) is 11.5 Å². The lowest BCUT2D eigenvalue weighted by molar-refractivity contribution is -0.139. The first-order valence-corrected chi connectivity index (χ1v) is 11.4. The fourth-order valence-electron chi connectivity index (χ4n) is 4.70. The zero-order valence-corrected chi connectivity index (χ0v) is 19.7. The Morgan fingerprint density at radius 2 is 1.53 bits per heavy atom. The molecule has 3 aromatic rings. The smallest absolute Gasteiger partial charge is 0.255 e. The van der Waals surface area contributed by atoms with Crippen molar-refractivity contribution >= 4 is 23.2 Å². The van der Waals surface area contributed by atoms with Gasteiger partial charge in [-0.3, -0.25) is 19.5 Å². The number of halogens is 2. The summed E-state index contributed by atoms with van der Waals surface area (Å²) < 4.78 is 37.9. The molecule has 1 fully saturated rings. The van der Waals surface area contributed by atoms with Gasteiger partial charge >= 0.3 is 0 Å². The molecule has 0 N–H and O–H groups in total. The third-order valence-corrected chi connectivity index (χ3v) is 6.45. The van der Waals surface area contributed by atoms with E-state index in [0.29, 0.717) is 34.9 Å². The first-order valence-electron chi connectivity index (χ1n) is 11.4. The third kappa shape index (κ3) is 3.96. The molecule has 2 unspecified atom stereocenters. The van der Waals surface area contributed by atoms with Crippen molar-refractivity contribution in [1.29, 1.82) is 0 Å². The number of carbonyl (C=O) groups is 2. The first kappa shape index (κ1) is 23.5. The van der Waals surface area contributed by atoms with Crippen LogP contribution in [0.1, 0.15) is 11.1 Å². The van der Waals surface area contributed by atoms with Crippen molar-refractivity contribution in [3.63, 3.8) is 0 Å². The van der Waals surface area contributed by atoms with E-state index in [0.717, 1.165) is 5.56 Å². The van der Waals surface area contributed by atoms with Gasteiger partial charge in [0.2, 0.25) is 5.91 Å². The van der Waals surface area contributed by atoms with Crippen LogP contribution in [0.25, 0.3) is 0 Å². The molecule has 2 amide bonds. The molecule has 184 valence electrons. The van der Waals surface area contributed by atoms with Crippen LogP contribution in [-0.2, 0) is 16.0 Å². The van der Waals surface area contributed by atoms with Gasteiger partial charge in [-0.15, -0.1) is 0 Å². The molecule has 0 saturated carbocycles. The quantitative estimate of drug-likeness (QED) is 0.470. The lowest BCUT2D eigenvalue weighted by Crippen LogP contribution is -2.39. The number of rotatable bonds is 7. The largest absolute Gasteiger partial charge is 0.493 e. The van der Waals surface area contributed by atoms with Crippen LogP contribution in [0.5, 0.6) is 11.5 Å². The fourth-order valence-corrected chi connectivity index (χ4v) is 4.70. The summed E-state index contributed by atoms with van der Waals surface area (Å²) in [6, 6.07) is 15.8. The Hall–Kier alpha value is -4.27. The zero-order chi connectivity index (χ0) is 25.4. The van der Waals surface area contributed by atoms with E-state index < -0.39 is 23.7 Å². The summed E-state index contributed by atoms with van der Waals surface area (Å²) in [7, 11) is 3.00. The molecule has 5 rings (SSSR count). The number of carbonyl (C=O) groups excluding carboxylic acids is 2. The average molecular weight is 491 g/mol. The standard InChI is InChI=1S/C27H23F2N3O4/c1-35-21-5-3-4-20(25(21)36-2)23-22-24(32(30-23)19-12-10-18(29)11-13-19)27(34)31(26(22)33)15-14-16-6-8-17(28)9-7-16/h3-13,22,24H,14-15H2,1-2H3. The number of nitrogens with zero attached hydrogens (tertiary/aromatic N) is 3. The zero-order valence-electron chi connectivity index (χ0n) is 19.7. The predicted molar refractivity (Wildman–Crippen MR) is 129 cm³/mol. The maximum atomic E-state index is 13.6. The molecule has 0 spiro atoms. The summed E-state index contributed by atoms with van der Waals surface area (Å²) in [5.74, 6) is -1.62. The molecule has 0 bridgehead atoms. The predicted octanol–water partition coefficient (Wildman–Crippen LogP) is 3.80. The minimum absolute atomic E-state index is 0.135. The Morgan fingerprint density at radius 1 is 0.861 bits per heavy atom. The Balaban J connectivity index is 1.54. The van der Waals surface area contributed by atoms with Crippen molar-refractivity contribution in [1.82, 2.24) is 4.90 Å². The van der Waals surface area contributed by atoms with Gasteiger partial charge in [-0.1, -0.05) is 18.2 Å². The van der Waals surface area contributed by atoms with Crippen molar-refractivity contribution in [2.45, 2.75) is 12.5 Å². The van der Waals surface area contributed by atoms with Gasteiger partial charge in [-0.2, -0.15) is 5.10 Å². The number of ether oxygens (including phenoxy) is 2. The molecule has 0 aromatic heterocycles. The molecule has 9 heteroatoms. The van der Waals surface area contributed by atoms with E-state index in [-0.39, 0.29) is 18.3 Å². The lowest BCUT2D eigenvalue weighted by atomic mass is 9.92. The summed E-state index contributed by atoms with van der Waals surface area (Å²) in [5, 5.41) is 6.14. The van der Waals surface area contributed by atoms with Crippen LogP contribution in [0.4, 0.5) is 14.5 Å². The van der Waals surface area contributed by atoms with Crippen LogP contribution in [-0.4, -0.2) is 49.2 Å². The van der Waals surface area contributed by atoms with Gasteiger partial charge in [0.15, 0.2) is 11.5 Å². The lowest BCUT2D eigenvalue weighted by Gasteiger charge is -2.22. The summed E-state index contributed by atoms with van der Waals surface area (Å²) in [4.78, 5) is 28.4. The number of para-hydroxylation sites is 1. The second-order valence-corrected chi connectivity index (χ2v) is 8.47. The Kier molecular flexibility index (Phi) is 6.13. The number of fused-ring (bicyclic) bond motifs is 1. The second-order valence-electron chi connectivity index (χ2n) is 8.47. The van der Waals surface area contributed by atoms with E-state index in [2.05, 4.69) is 5.10 Å². The number of imide groups is 1. The molecule has 3 aromatic carbocycles. The number of hydrogen-bond donors (Lipinski definition) is 0. The van der Waals surface area contributed by atoms with Gasteiger partial charge in [0.1, 0.15) is 23.6 Å². The maximum Gasteiger partial charge on any atom is 0.255 e. The van der Waals surface area contributed by atoms with E-state index in [1.54, 1.807) is 30.3 Å². The number of hydrazone groups is 1. The molecule has 0 radical (unpaired) electrons. The summed E-state index contributed by atoms with van der Waals surface area (Å²) in [6.45, 7) is 0.135. The summed E-state index contributed by atoms with van der Waals surface area (Å²) in [6.07, 6.45) is 0.378. The number of likely N-dealkylation sites (tertiary alicyclic amines) is 1. The molecular formula is C27H23F2N3O4. The van der Waals surface area contributed by atoms with E-state index in [1.165, 1.54) is 60.5 Å². The average Bonchev–Trinajstić information content (AvgIpc) is 3.40. The van der Waals surface area contributed by atoms with Crippen LogP contribution in [0.2, 0.25) is 0 Å². The van der Waals surface area contributed by atoms with Gasteiger partial charge in [-0.05, 0) is 60.5 Å². The number of methoxy groups -OCH3 is 2. The van der Waals surface area contributed by atoms with E-state index in [4.69, 9.17) is 9.47 Å². The highest BCUT2D eigenvalue weighted by molar-refractivity contribution is 6.26. The monoisotopic (exact) mass is 491 g/mol. The number of benzene rings is 3. The van der Waals surface area contributed by atoms with Crippen LogP contribution in [0, 0.1) is 17.6 Å². The second kappa shape index (κ2) is 9.41. The summed E-state index contributed by atoms with van der Waals surface area (Å²) >= 11 is 0. The molecular weight excluding hydrogens is 468 g/mol. The first-order chi connectivity index (χ1) is 17.4. The van der Waals surface area contributed by atoms with Crippen molar-refractivity contribution < 1.29 is 27.8 Å². The Bertz CT molecular complexity index is 1340. The summed E-state index contributed by atoms with van der Waals surface area (Å²) in [5.41, 5.74) is 2.17. The number of hydrogen-bond acceptors (Lipinski definition) is 6. The normalized spacial score (nSPS) is 18.9. The van der Waals surface area contributed by atoms with E-state index in [9.17, 15) is 18.4 Å². The van der Waals surface area contributed by atoms with Gasteiger partial charge in [0, 0.05) is 12.1 Å². The molecule has 2 aliphatic rings. The molecule has 2 aliphatic heterocycles. The molecule has 2 heterocycles. The minimum Gasteiger partial charge on any atom is -0.493 e. The highest BCUT2D eigenvalue weighted by Crippen LogP contribution is 2.41. The van der Waals surface area contributed by atoms with Crippen LogP contribution >= 0.6 is 0 Å². The van der Waals surface area contributed by atoms with E-state index >= 15 is 0 Å². The topological polar surface area (TPSA) is 71.4 Å². The van der Waals surface area contributed by atoms with Gasteiger partial charge in [0.25, 0.3) is 5.91 Å².